The molecule has 0 aliphatic heterocycles. The van der Waals surface area contributed by atoms with Crippen LogP contribution >= 0.6 is 0 Å². The van der Waals surface area contributed by atoms with Crippen LogP contribution in [0, 0.1) is 0 Å². The Morgan fingerprint density at radius 3 is 2.53 bits per heavy atom. The van der Waals surface area contributed by atoms with Crippen molar-refractivity contribution in [1.29, 1.82) is 0 Å². The molecule has 0 amide bonds. The summed E-state index contributed by atoms with van der Waals surface area (Å²) < 4.78 is 6.05. The lowest BCUT2D eigenvalue weighted by Crippen LogP contribution is -2.21. The van der Waals surface area contributed by atoms with E-state index in [2.05, 4.69) is 32.0 Å². The van der Waals surface area contributed by atoms with Crippen molar-refractivity contribution in [2.75, 3.05) is 26.4 Å². The van der Waals surface area contributed by atoms with E-state index < -0.39 is 0 Å². The van der Waals surface area contributed by atoms with Crippen LogP contribution in [0.5, 0.6) is 5.75 Å². The first-order chi connectivity index (χ1) is 9.08. The topological polar surface area (TPSA) is 38.5 Å². The van der Waals surface area contributed by atoms with Gasteiger partial charge in [0, 0.05) is 23.0 Å². The van der Waals surface area contributed by atoms with Crippen molar-refractivity contribution in [3.8, 4) is 5.75 Å². The molecule has 0 fully saturated rings. The highest BCUT2D eigenvalue weighted by molar-refractivity contribution is 5.96. The average molecular weight is 258 g/mol. The van der Waals surface area contributed by atoms with Crippen LogP contribution in [0.15, 0.2) is 36.4 Å². The minimum absolute atomic E-state index is 0.189. The molecule has 1 unspecified atom stereocenters. The molecule has 0 heterocycles. The second kappa shape index (κ2) is 5.93. The van der Waals surface area contributed by atoms with Gasteiger partial charge < -0.3 is 15.4 Å². The third-order valence-corrected chi connectivity index (χ3v) is 3.23. The van der Waals surface area contributed by atoms with Crippen LogP contribution in [0.4, 0.5) is 5.69 Å². The number of nitrogen functional groups attached to an aromatic ring is 1. The van der Waals surface area contributed by atoms with Crippen molar-refractivity contribution in [1.82, 2.24) is 4.90 Å². The van der Waals surface area contributed by atoms with E-state index in [9.17, 15) is 0 Å². The summed E-state index contributed by atoms with van der Waals surface area (Å²) in [5, 5.41) is 2.14. The standard InChI is InChI=1S/C16H22N2O/c1-12(10-11-18(2)3)19-16-9-5-6-13-14(16)7-4-8-15(13)17/h4-9,12H,10-11,17H2,1-3H3. The Morgan fingerprint density at radius 1 is 1.11 bits per heavy atom. The van der Waals surface area contributed by atoms with Gasteiger partial charge in [-0.3, -0.25) is 0 Å². The van der Waals surface area contributed by atoms with Crippen LogP contribution < -0.4 is 10.5 Å². The predicted molar refractivity (Wildman–Crippen MR) is 81.6 cm³/mol. The highest BCUT2D eigenvalue weighted by Crippen LogP contribution is 2.30. The molecule has 0 spiro atoms. The Labute approximate surface area is 115 Å². The van der Waals surface area contributed by atoms with E-state index in [0.717, 1.165) is 35.2 Å². The number of anilines is 1. The lowest BCUT2D eigenvalue weighted by molar-refractivity contribution is 0.197. The minimum Gasteiger partial charge on any atom is -0.490 e. The number of nitrogens with two attached hydrogens (primary N) is 1. The number of hydrogen-bond donors (Lipinski definition) is 1. The van der Waals surface area contributed by atoms with E-state index in [1.807, 2.05) is 30.3 Å². The fraction of sp³-hybridized carbons (Fsp3) is 0.375. The molecule has 0 radical (unpaired) electrons. The zero-order valence-electron chi connectivity index (χ0n) is 11.9. The summed E-state index contributed by atoms with van der Waals surface area (Å²) in [5.74, 6) is 0.913. The number of ether oxygens (including phenoxy) is 1. The number of rotatable bonds is 5. The van der Waals surface area contributed by atoms with Crippen LogP contribution in [0.3, 0.4) is 0 Å². The first-order valence-electron chi connectivity index (χ1n) is 6.66. The molecule has 19 heavy (non-hydrogen) atoms. The third kappa shape index (κ3) is 3.38. The van der Waals surface area contributed by atoms with E-state index in [0.29, 0.717) is 0 Å². The van der Waals surface area contributed by atoms with Gasteiger partial charge in [-0.2, -0.15) is 0 Å². The summed E-state index contributed by atoms with van der Waals surface area (Å²) in [7, 11) is 4.15. The molecule has 102 valence electrons. The summed E-state index contributed by atoms with van der Waals surface area (Å²) >= 11 is 0. The van der Waals surface area contributed by atoms with Crippen molar-refractivity contribution in [3.63, 3.8) is 0 Å². The molecular weight excluding hydrogens is 236 g/mol. The molecule has 0 saturated heterocycles. The largest absolute Gasteiger partial charge is 0.490 e. The predicted octanol–water partition coefficient (Wildman–Crippen LogP) is 3.14. The number of hydrogen-bond acceptors (Lipinski definition) is 3. The quantitative estimate of drug-likeness (QED) is 0.837. The second-order valence-corrected chi connectivity index (χ2v) is 5.22. The fourth-order valence-electron chi connectivity index (χ4n) is 2.12. The van der Waals surface area contributed by atoms with Crippen molar-refractivity contribution in [2.45, 2.75) is 19.4 Å². The van der Waals surface area contributed by atoms with Gasteiger partial charge in [0.05, 0.1) is 6.10 Å². The SMILES string of the molecule is CC(CCN(C)C)Oc1cccc2c(N)cccc12. The Hall–Kier alpha value is -1.74. The van der Waals surface area contributed by atoms with E-state index in [1.54, 1.807) is 0 Å². The van der Waals surface area contributed by atoms with E-state index in [4.69, 9.17) is 10.5 Å². The number of nitrogens with zero attached hydrogens (tertiary/aromatic N) is 1. The molecule has 0 bridgehead atoms. The molecule has 2 aromatic rings. The summed E-state index contributed by atoms with van der Waals surface area (Å²) in [5.41, 5.74) is 6.79. The van der Waals surface area contributed by atoms with Gasteiger partial charge >= 0.3 is 0 Å². The highest BCUT2D eigenvalue weighted by atomic mass is 16.5. The van der Waals surface area contributed by atoms with Crippen molar-refractivity contribution in [2.24, 2.45) is 0 Å². The molecule has 2 rings (SSSR count). The molecule has 2 aromatic carbocycles. The molecule has 0 aliphatic rings. The van der Waals surface area contributed by atoms with Crippen molar-refractivity contribution in [3.05, 3.63) is 36.4 Å². The smallest absolute Gasteiger partial charge is 0.127 e. The summed E-state index contributed by atoms with van der Waals surface area (Å²) in [4.78, 5) is 2.17. The Morgan fingerprint density at radius 2 is 1.79 bits per heavy atom. The van der Waals surface area contributed by atoms with Crippen LogP contribution in [-0.4, -0.2) is 31.6 Å². The molecule has 2 N–H and O–H groups in total. The Balaban J connectivity index is 2.19. The van der Waals surface area contributed by atoms with Gasteiger partial charge in [0.15, 0.2) is 0 Å². The molecule has 0 saturated carbocycles. The van der Waals surface area contributed by atoms with Gasteiger partial charge in [0.1, 0.15) is 5.75 Å². The Kier molecular flexibility index (Phi) is 4.27. The molecule has 3 heteroatoms. The van der Waals surface area contributed by atoms with Crippen LogP contribution in [0.1, 0.15) is 13.3 Å². The average Bonchev–Trinajstić information content (AvgIpc) is 2.38. The lowest BCUT2D eigenvalue weighted by Gasteiger charge is -2.18. The van der Waals surface area contributed by atoms with E-state index >= 15 is 0 Å². The maximum absolute atomic E-state index is 6.05. The first-order valence-corrected chi connectivity index (χ1v) is 6.66. The van der Waals surface area contributed by atoms with Crippen LogP contribution in [-0.2, 0) is 0 Å². The molecule has 0 aromatic heterocycles. The zero-order valence-corrected chi connectivity index (χ0v) is 11.9. The molecule has 1 atom stereocenters. The monoisotopic (exact) mass is 258 g/mol. The van der Waals surface area contributed by atoms with Crippen LogP contribution in [0.2, 0.25) is 0 Å². The summed E-state index contributed by atoms with van der Waals surface area (Å²) in [6.45, 7) is 3.13. The highest BCUT2D eigenvalue weighted by Gasteiger charge is 2.08. The Bertz CT molecular complexity index is 551. The van der Waals surface area contributed by atoms with E-state index in [1.165, 1.54) is 0 Å². The fourth-order valence-corrected chi connectivity index (χ4v) is 2.12. The van der Waals surface area contributed by atoms with Gasteiger partial charge in [0.2, 0.25) is 0 Å². The number of benzene rings is 2. The lowest BCUT2D eigenvalue weighted by atomic mass is 10.1. The van der Waals surface area contributed by atoms with Gasteiger partial charge in [-0.05, 0) is 39.6 Å². The van der Waals surface area contributed by atoms with Crippen LogP contribution in [0.25, 0.3) is 10.8 Å². The third-order valence-electron chi connectivity index (χ3n) is 3.23. The molecule has 3 nitrogen and oxygen atoms in total. The minimum atomic E-state index is 0.189. The first kappa shape index (κ1) is 13.7. The normalized spacial score (nSPS) is 12.8. The maximum atomic E-state index is 6.05. The summed E-state index contributed by atoms with van der Waals surface area (Å²) in [6.07, 6.45) is 1.19. The maximum Gasteiger partial charge on any atom is 0.127 e. The molecular formula is C16H22N2O. The van der Waals surface area contributed by atoms with Gasteiger partial charge in [-0.1, -0.05) is 24.3 Å². The van der Waals surface area contributed by atoms with Gasteiger partial charge in [-0.15, -0.1) is 0 Å². The van der Waals surface area contributed by atoms with Crippen molar-refractivity contribution < 1.29 is 4.74 Å². The number of fused-ring (bicyclic) bond motifs is 1. The van der Waals surface area contributed by atoms with Crippen molar-refractivity contribution >= 4 is 16.5 Å². The second-order valence-electron chi connectivity index (χ2n) is 5.22. The van der Waals surface area contributed by atoms with Gasteiger partial charge in [-0.25, -0.2) is 0 Å². The molecule has 0 aliphatic carbocycles. The zero-order chi connectivity index (χ0) is 13.8. The van der Waals surface area contributed by atoms with Gasteiger partial charge in [0.25, 0.3) is 0 Å². The summed E-state index contributed by atoms with van der Waals surface area (Å²) in [6, 6.07) is 12.0. The van der Waals surface area contributed by atoms with E-state index in [-0.39, 0.29) is 6.10 Å².